The van der Waals surface area contributed by atoms with Crippen LogP contribution < -0.4 is 4.90 Å². The summed E-state index contributed by atoms with van der Waals surface area (Å²) in [5.41, 5.74) is 1.95. The first kappa shape index (κ1) is 13.6. The minimum absolute atomic E-state index is 0.0123. The molecule has 4 heteroatoms. The fraction of sp³-hybridized carbons (Fsp3) is 0.467. The second-order valence-electron chi connectivity index (χ2n) is 4.93. The van der Waals surface area contributed by atoms with Gasteiger partial charge in [-0.2, -0.15) is 5.26 Å². The maximum Gasteiger partial charge on any atom is 0.161 e. The van der Waals surface area contributed by atoms with E-state index in [1.807, 2.05) is 0 Å². The molecule has 1 aliphatic heterocycles. The second kappa shape index (κ2) is 5.85. The number of Topliss-reactive ketones (excluding diaryl/α,β-unsaturated/α-hetero) is 1. The van der Waals surface area contributed by atoms with Crippen LogP contribution in [0, 0.1) is 11.3 Å². The number of piperidine rings is 1. The highest BCUT2D eigenvalue weighted by Crippen LogP contribution is 2.29. The molecule has 1 atom stereocenters. The lowest BCUT2D eigenvalue weighted by molar-refractivity contribution is 0.101. The average Bonchev–Trinajstić information content (AvgIpc) is 2.46. The summed E-state index contributed by atoms with van der Waals surface area (Å²) in [6.07, 6.45) is 3.06. The number of carbonyl (C=O) groups is 1. The summed E-state index contributed by atoms with van der Waals surface area (Å²) < 4.78 is 0. The molecule has 1 aromatic rings. The van der Waals surface area contributed by atoms with E-state index in [0.29, 0.717) is 11.1 Å². The normalized spacial score (nSPS) is 19.0. The van der Waals surface area contributed by atoms with Crippen molar-refractivity contribution in [1.82, 2.24) is 0 Å². The van der Waals surface area contributed by atoms with Crippen LogP contribution >= 0.6 is 0 Å². The largest absolute Gasteiger partial charge is 0.394 e. The Morgan fingerprint density at radius 2 is 2.32 bits per heavy atom. The molecule has 1 fully saturated rings. The molecule has 1 aromatic carbocycles. The molecule has 0 bridgehead atoms. The Bertz CT molecular complexity index is 519. The zero-order chi connectivity index (χ0) is 13.8. The molecule has 100 valence electrons. The Labute approximate surface area is 113 Å². The molecule has 1 unspecified atom stereocenters. The van der Waals surface area contributed by atoms with Gasteiger partial charge in [-0.1, -0.05) is 0 Å². The fourth-order valence-electron chi connectivity index (χ4n) is 2.64. The molecule has 1 saturated heterocycles. The van der Waals surface area contributed by atoms with Gasteiger partial charge in [0.25, 0.3) is 0 Å². The molecule has 0 spiro atoms. The number of ketones is 1. The number of benzene rings is 1. The number of rotatable bonds is 3. The molecule has 19 heavy (non-hydrogen) atoms. The van der Waals surface area contributed by atoms with Gasteiger partial charge in [-0.25, -0.2) is 0 Å². The SMILES string of the molecule is CC(=O)c1ccc(C#N)cc1N1CCCCC1CO. The lowest BCUT2D eigenvalue weighted by atomic mass is 9.98. The van der Waals surface area contributed by atoms with Crippen LogP contribution in [0.2, 0.25) is 0 Å². The van der Waals surface area contributed by atoms with Gasteiger partial charge in [0.1, 0.15) is 0 Å². The Balaban J connectivity index is 2.46. The zero-order valence-electron chi connectivity index (χ0n) is 11.1. The number of carbonyl (C=O) groups excluding carboxylic acids is 1. The van der Waals surface area contributed by atoms with Gasteiger partial charge in [0.15, 0.2) is 5.78 Å². The van der Waals surface area contributed by atoms with Crippen molar-refractivity contribution in [2.45, 2.75) is 32.2 Å². The van der Waals surface area contributed by atoms with E-state index in [4.69, 9.17) is 5.26 Å². The number of nitriles is 1. The van der Waals surface area contributed by atoms with Crippen molar-refractivity contribution >= 4 is 11.5 Å². The summed E-state index contributed by atoms with van der Waals surface area (Å²) in [5.74, 6) is -0.0123. The maximum atomic E-state index is 11.7. The molecule has 0 aliphatic carbocycles. The van der Waals surface area contributed by atoms with Crippen LogP contribution in [0.25, 0.3) is 0 Å². The van der Waals surface area contributed by atoms with Crippen molar-refractivity contribution < 1.29 is 9.90 Å². The van der Waals surface area contributed by atoms with Crippen molar-refractivity contribution in [3.8, 4) is 6.07 Å². The van der Waals surface area contributed by atoms with Gasteiger partial charge in [-0.15, -0.1) is 0 Å². The Kier molecular flexibility index (Phi) is 4.18. The number of aliphatic hydroxyl groups excluding tert-OH is 1. The van der Waals surface area contributed by atoms with E-state index in [0.717, 1.165) is 31.5 Å². The van der Waals surface area contributed by atoms with Gasteiger partial charge in [0.05, 0.1) is 24.3 Å². The third kappa shape index (κ3) is 2.77. The van der Waals surface area contributed by atoms with E-state index in [-0.39, 0.29) is 18.4 Å². The fourth-order valence-corrected chi connectivity index (χ4v) is 2.64. The zero-order valence-corrected chi connectivity index (χ0v) is 11.1. The summed E-state index contributed by atoms with van der Waals surface area (Å²) in [5, 5.41) is 18.5. The quantitative estimate of drug-likeness (QED) is 0.843. The van der Waals surface area contributed by atoms with Gasteiger partial charge in [-0.05, 0) is 44.4 Å². The molecule has 1 heterocycles. The van der Waals surface area contributed by atoms with Gasteiger partial charge in [0.2, 0.25) is 0 Å². The topological polar surface area (TPSA) is 64.3 Å². The van der Waals surface area contributed by atoms with Crippen LogP contribution in [0.1, 0.15) is 42.1 Å². The van der Waals surface area contributed by atoms with Crippen LogP contribution in [0.5, 0.6) is 0 Å². The van der Waals surface area contributed by atoms with Crippen molar-refractivity contribution in [1.29, 1.82) is 5.26 Å². The highest BCUT2D eigenvalue weighted by atomic mass is 16.3. The van der Waals surface area contributed by atoms with E-state index in [1.54, 1.807) is 18.2 Å². The highest BCUT2D eigenvalue weighted by molar-refractivity contribution is 6.00. The summed E-state index contributed by atoms with van der Waals surface area (Å²) in [6, 6.07) is 7.27. The predicted octanol–water partition coefficient (Wildman–Crippen LogP) is 2.11. The van der Waals surface area contributed by atoms with Crippen molar-refractivity contribution in [2.75, 3.05) is 18.1 Å². The van der Waals surface area contributed by atoms with Gasteiger partial charge < -0.3 is 10.0 Å². The number of hydrogen-bond acceptors (Lipinski definition) is 4. The van der Waals surface area contributed by atoms with Crippen molar-refractivity contribution in [2.24, 2.45) is 0 Å². The number of nitrogens with zero attached hydrogens (tertiary/aromatic N) is 2. The van der Waals surface area contributed by atoms with Crippen LogP contribution in [0.15, 0.2) is 18.2 Å². The summed E-state index contributed by atoms with van der Waals surface area (Å²) in [7, 11) is 0. The summed E-state index contributed by atoms with van der Waals surface area (Å²) in [6.45, 7) is 2.43. The first-order valence-electron chi connectivity index (χ1n) is 6.60. The van der Waals surface area contributed by atoms with E-state index in [1.165, 1.54) is 6.92 Å². The maximum absolute atomic E-state index is 11.7. The monoisotopic (exact) mass is 258 g/mol. The Morgan fingerprint density at radius 1 is 1.53 bits per heavy atom. The van der Waals surface area contributed by atoms with Crippen LogP contribution in [-0.4, -0.2) is 30.1 Å². The summed E-state index contributed by atoms with van der Waals surface area (Å²) >= 11 is 0. The Hall–Kier alpha value is -1.86. The molecule has 0 amide bonds. The van der Waals surface area contributed by atoms with Crippen molar-refractivity contribution in [3.63, 3.8) is 0 Å². The van der Waals surface area contributed by atoms with Crippen molar-refractivity contribution in [3.05, 3.63) is 29.3 Å². The minimum Gasteiger partial charge on any atom is -0.394 e. The number of aliphatic hydroxyl groups is 1. The highest BCUT2D eigenvalue weighted by Gasteiger charge is 2.25. The first-order chi connectivity index (χ1) is 9.17. The molecule has 1 N–H and O–H groups in total. The van der Waals surface area contributed by atoms with E-state index < -0.39 is 0 Å². The molecular formula is C15H18N2O2. The molecule has 1 aliphatic rings. The predicted molar refractivity (Wildman–Crippen MR) is 73.2 cm³/mol. The number of hydrogen-bond donors (Lipinski definition) is 1. The molecule has 2 rings (SSSR count). The Morgan fingerprint density at radius 3 is 2.95 bits per heavy atom. The first-order valence-corrected chi connectivity index (χ1v) is 6.60. The molecule has 0 radical (unpaired) electrons. The third-order valence-electron chi connectivity index (χ3n) is 3.65. The van der Waals surface area contributed by atoms with E-state index in [2.05, 4.69) is 11.0 Å². The van der Waals surface area contributed by atoms with Gasteiger partial charge in [0, 0.05) is 17.8 Å². The molecule has 4 nitrogen and oxygen atoms in total. The minimum atomic E-state index is -0.0123. The average molecular weight is 258 g/mol. The van der Waals surface area contributed by atoms with E-state index in [9.17, 15) is 9.90 Å². The third-order valence-corrected chi connectivity index (χ3v) is 3.65. The molecule has 0 saturated carbocycles. The van der Waals surface area contributed by atoms with Crippen LogP contribution in [-0.2, 0) is 0 Å². The summed E-state index contributed by atoms with van der Waals surface area (Å²) in [4.78, 5) is 13.8. The lowest BCUT2D eigenvalue weighted by Crippen LogP contribution is -2.42. The lowest BCUT2D eigenvalue weighted by Gasteiger charge is -2.37. The van der Waals surface area contributed by atoms with Crippen LogP contribution in [0.4, 0.5) is 5.69 Å². The number of anilines is 1. The van der Waals surface area contributed by atoms with E-state index >= 15 is 0 Å². The van der Waals surface area contributed by atoms with Gasteiger partial charge >= 0.3 is 0 Å². The molecular weight excluding hydrogens is 240 g/mol. The smallest absolute Gasteiger partial charge is 0.161 e. The second-order valence-corrected chi connectivity index (χ2v) is 4.93. The molecule has 0 aromatic heterocycles. The standard InChI is InChI=1S/C15H18N2O2/c1-11(19)14-6-5-12(9-16)8-15(14)17-7-3-2-4-13(17)10-18/h5-6,8,13,18H,2-4,7,10H2,1H3. The van der Waals surface area contributed by atoms with Crippen LogP contribution in [0.3, 0.4) is 0 Å². The van der Waals surface area contributed by atoms with Gasteiger partial charge in [-0.3, -0.25) is 4.79 Å².